The Morgan fingerprint density at radius 2 is 2.00 bits per heavy atom. The topological polar surface area (TPSA) is 41.1 Å². The molecule has 5 heteroatoms. The summed E-state index contributed by atoms with van der Waals surface area (Å²) in [5.41, 5.74) is 2.00. The molecule has 0 fully saturated rings. The van der Waals surface area contributed by atoms with Gasteiger partial charge in [0.25, 0.3) is 5.91 Å². The number of hydrogen-bond acceptors (Lipinski definition) is 2. The molecule has 2 N–H and O–H groups in total. The molecule has 3 nitrogen and oxygen atoms in total. The van der Waals surface area contributed by atoms with Crippen molar-refractivity contribution in [3.63, 3.8) is 0 Å². The minimum absolute atomic E-state index is 0.233. The Labute approximate surface area is 131 Å². The van der Waals surface area contributed by atoms with Crippen LogP contribution < -0.4 is 10.6 Å². The summed E-state index contributed by atoms with van der Waals surface area (Å²) in [5.74, 6) is -0.639. The number of halogens is 2. The van der Waals surface area contributed by atoms with Gasteiger partial charge in [0.1, 0.15) is 5.82 Å². The zero-order chi connectivity index (χ0) is 15.2. The van der Waals surface area contributed by atoms with Crippen molar-refractivity contribution in [1.82, 2.24) is 5.32 Å². The molecular weight excluding hydrogens is 335 g/mol. The fourth-order valence-electron chi connectivity index (χ4n) is 1.99. The van der Waals surface area contributed by atoms with E-state index in [1.807, 2.05) is 25.2 Å². The van der Waals surface area contributed by atoms with Crippen LogP contribution in [0.3, 0.4) is 0 Å². The molecule has 0 saturated heterocycles. The molecule has 0 aliphatic heterocycles. The summed E-state index contributed by atoms with van der Waals surface area (Å²) in [7, 11) is 1.87. The third-order valence-electron chi connectivity index (χ3n) is 3.08. The highest BCUT2D eigenvalue weighted by Gasteiger charge is 2.11. The van der Waals surface area contributed by atoms with Crippen LogP contribution in [0.25, 0.3) is 0 Å². The van der Waals surface area contributed by atoms with E-state index in [4.69, 9.17) is 0 Å². The highest BCUT2D eigenvalue weighted by molar-refractivity contribution is 9.10. The van der Waals surface area contributed by atoms with Crippen molar-refractivity contribution in [3.05, 3.63) is 63.9 Å². The van der Waals surface area contributed by atoms with Crippen LogP contribution in [0.5, 0.6) is 0 Å². The normalized spacial score (nSPS) is 10.4. The fourth-order valence-corrected chi connectivity index (χ4v) is 2.24. The van der Waals surface area contributed by atoms with Crippen molar-refractivity contribution in [1.29, 1.82) is 0 Å². The zero-order valence-electron chi connectivity index (χ0n) is 11.6. The maximum absolute atomic E-state index is 13.5. The summed E-state index contributed by atoms with van der Waals surface area (Å²) < 4.78 is 13.8. The van der Waals surface area contributed by atoms with E-state index < -0.39 is 5.82 Å². The summed E-state index contributed by atoms with van der Waals surface area (Å²) in [6.45, 7) is 0.789. The van der Waals surface area contributed by atoms with Crippen molar-refractivity contribution in [3.8, 4) is 0 Å². The molecule has 21 heavy (non-hydrogen) atoms. The van der Waals surface area contributed by atoms with Gasteiger partial charge in [-0.25, -0.2) is 4.39 Å². The van der Waals surface area contributed by atoms with Gasteiger partial charge in [0.2, 0.25) is 0 Å². The number of likely N-dealkylation sites (N-methyl/N-ethyl adjacent to an activating group) is 1. The molecule has 0 bridgehead atoms. The smallest absolute Gasteiger partial charge is 0.255 e. The maximum Gasteiger partial charge on any atom is 0.255 e. The Hall–Kier alpha value is -1.72. The predicted octanol–water partition coefficient (Wildman–Crippen LogP) is 3.60. The quantitative estimate of drug-likeness (QED) is 0.864. The first-order valence-electron chi connectivity index (χ1n) is 6.60. The van der Waals surface area contributed by atoms with E-state index in [2.05, 4.69) is 26.6 Å². The zero-order valence-corrected chi connectivity index (χ0v) is 13.2. The standard InChI is InChI=1S/C16H16BrFN2O/c1-19-9-8-11-4-2-3-5-13(11)16(21)20-12-6-7-14(17)15(18)10-12/h2-7,10,19H,8-9H2,1H3,(H,20,21). The van der Waals surface area contributed by atoms with E-state index in [9.17, 15) is 9.18 Å². The Balaban J connectivity index is 2.18. The number of amides is 1. The van der Waals surface area contributed by atoms with Crippen molar-refractivity contribution in [2.45, 2.75) is 6.42 Å². The van der Waals surface area contributed by atoms with Crippen molar-refractivity contribution in [2.24, 2.45) is 0 Å². The SMILES string of the molecule is CNCCc1ccccc1C(=O)Nc1ccc(Br)c(F)c1. The van der Waals surface area contributed by atoms with Gasteiger partial charge < -0.3 is 10.6 Å². The number of hydrogen-bond donors (Lipinski definition) is 2. The van der Waals surface area contributed by atoms with Crippen LogP contribution in [0, 0.1) is 5.82 Å². The summed E-state index contributed by atoms with van der Waals surface area (Å²) in [6.07, 6.45) is 0.759. The first kappa shape index (κ1) is 15.7. The average Bonchev–Trinajstić information content (AvgIpc) is 2.49. The van der Waals surface area contributed by atoms with Gasteiger partial charge in [-0.3, -0.25) is 4.79 Å². The molecule has 2 aromatic carbocycles. The monoisotopic (exact) mass is 350 g/mol. The van der Waals surface area contributed by atoms with Crippen LogP contribution in [-0.4, -0.2) is 19.5 Å². The number of benzene rings is 2. The van der Waals surface area contributed by atoms with Gasteiger partial charge in [-0.15, -0.1) is 0 Å². The van der Waals surface area contributed by atoms with Gasteiger partial charge in [0.05, 0.1) is 4.47 Å². The van der Waals surface area contributed by atoms with Crippen LogP contribution in [0.4, 0.5) is 10.1 Å². The summed E-state index contributed by atoms with van der Waals surface area (Å²) in [5, 5.41) is 5.78. The van der Waals surface area contributed by atoms with E-state index in [1.54, 1.807) is 18.2 Å². The molecule has 1 amide bonds. The molecule has 110 valence electrons. The Bertz CT molecular complexity index is 646. The second-order valence-corrected chi connectivity index (χ2v) is 5.45. The molecule has 0 aromatic heterocycles. The van der Waals surface area contributed by atoms with Gasteiger partial charge in [-0.1, -0.05) is 18.2 Å². The van der Waals surface area contributed by atoms with Crippen molar-refractivity contribution < 1.29 is 9.18 Å². The molecule has 0 spiro atoms. The van der Waals surface area contributed by atoms with Crippen LogP contribution in [-0.2, 0) is 6.42 Å². The molecule has 0 aliphatic rings. The van der Waals surface area contributed by atoms with Gasteiger partial charge in [-0.05, 0) is 65.8 Å². The first-order valence-corrected chi connectivity index (χ1v) is 7.40. The van der Waals surface area contributed by atoms with Gasteiger partial charge in [0, 0.05) is 11.3 Å². The predicted molar refractivity (Wildman–Crippen MR) is 86.1 cm³/mol. The minimum Gasteiger partial charge on any atom is -0.322 e. The molecule has 2 rings (SSSR count). The Kier molecular flexibility index (Phi) is 5.47. The van der Waals surface area contributed by atoms with Crippen LogP contribution in [0.2, 0.25) is 0 Å². The highest BCUT2D eigenvalue weighted by Crippen LogP contribution is 2.20. The molecule has 0 radical (unpaired) electrons. The lowest BCUT2D eigenvalue weighted by molar-refractivity contribution is 0.102. The maximum atomic E-state index is 13.5. The van der Waals surface area contributed by atoms with Crippen molar-refractivity contribution in [2.75, 3.05) is 18.9 Å². The van der Waals surface area contributed by atoms with Gasteiger partial charge in [-0.2, -0.15) is 0 Å². The van der Waals surface area contributed by atoms with E-state index in [0.29, 0.717) is 15.7 Å². The summed E-state index contributed by atoms with van der Waals surface area (Å²) in [4.78, 5) is 12.3. The lowest BCUT2D eigenvalue weighted by Crippen LogP contribution is -2.17. The van der Waals surface area contributed by atoms with Gasteiger partial charge >= 0.3 is 0 Å². The van der Waals surface area contributed by atoms with Crippen molar-refractivity contribution >= 4 is 27.5 Å². The summed E-state index contributed by atoms with van der Waals surface area (Å²) >= 11 is 3.09. The highest BCUT2D eigenvalue weighted by atomic mass is 79.9. The van der Waals surface area contributed by atoms with Crippen LogP contribution in [0.1, 0.15) is 15.9 Å². The number of nitrogens with one attached hydrogen (secondary N) is 2. The fraction of sp³-hybridized carbons (Fsp3) is 0.188. The molecule has 0 heterocycles. The van der Waals surface area contributed by atoms with Crippen LogP contribution in [0.15, 0.2) is 46.9 Å². The van der Waals surface area contributed by atoms with Crippen LogP contribution >= 0.6 is 15.9 Å². The second-order valence-electron chi connectivity index (χ2n) is 4.59. The lowest BCUT2D eigenvalue weighted by Gasteiger charge is -2.10. The van der Waals surface area contributed by atoms with Gasteiger partial charge in [0.15, 0.2) is 0 Å². The average molecular weight is 351 g/mol. The van der Waals surface area contributed by atoms with E-state index >= 15 is 0 Å². The Morgan fingerprint density at radius 3 is 2.71 bits per heavy atom. The molecule has 0 saturated carbocycles. The number of carbonyl (C=O) groups is 1. The molecular formula is C16H16BrFN2O. The van der Waals surface area contributed by atoms with E-state index in [0.717, 1.165) is 18.5 Å². The molecule has 2 aromatic rings. The molecule has 0 unspecified atom stereocenters. The molecule has 0 aliphatic carbocycles. The third kappa shape index (κ3) is 4.12. The Morgan fingerprint density at radius 1 is 1.24 bits per heavy atom. The second kappa shape index (κ2) is 7.33. The molecule has 0 atom stereocenters. The third-order valence-corrected chi connectivity index (χ3v) is 3.73. The number of rotatable bonds is 5. The lowest BCUT2D eigenvalue weighted by atomic mass is 10.0. The largest absolute Gasteiger partial charge is 0.322 e. The first-order chi connectivity index (χ1) is 10.1. The summed E-state index contributed by atoms with van der Waals surface area (Å²) in [6, 6.07) is 11.9. The van der Waals surface area contributed by atoms with E-state index in [-0.39, 0.29) is 5.91 Å². The number of anilines is 1. The number of carbonyl (C=O) groups excluding carboxylic acids is 1. The van der Waals surface area contributed by atoms with E-state index in [1.165, 1.54) is 6.07 Å². The minimum atomic E-state index is -0.406.